The Morgan fingerprint density at radius 3 is 0.946 bits per heavy atom. The molecule has 0 rings (SSSR count). The van der Waals surface area contributed by atoms with Crippen LogP contribution in [-0.2, 0) is 4.79 Å². The van der Waals surface area contributed by atoms with Crippen molar-refractivity contribution >= 4 is 5.91 Å². The average molecular weight is 1020 g/mol. The first kappa shape index (κ1) is 70.0. The molecule has 0 saturated carbocycles. The Hall–Kier alpha value is -3.99. The third kappa shape index (κ3) is 58.9. The lowest BCUT2D eigenvalue weighted by Crippen LogP contribution is -2.45. The average Bonchev–Trinajstić information content (AvgIpc) is 3.40. The summed E-state index contributed by atoms with van der Waals surface area (Å²) in [5, 5.41) is 23.1. The second-order valence-corrected chi connectivity index (χ2v) is 20.0. The van der Waals surface area contributed by atoms with Crippen molar-refractivity contribution in [1.82, 2.24) is 5.32 Å². The summed E-state index contributed by atoms with van der Waals surface area (Å²) in [6.45, 7) is 4.17. The first-order chi connectivity index (χ1) is 36.7. The Balaban J connectivity index is 3.72. The normalized spacial score (nSPS) is 13.9. The Morgan fingerprint density at radius 1 is 0.338 bits per heavy atom. The molecule has 0 bridgehead atoms. The molecule has 0 radical (unpaired) electrons. The second-order valence-electron chi connectivity index (χ2n) is 20.0. The number of unbranched alkanes of at least 4 members (excludes halogenated alkanes) is 23. The van der Waals surface area contributed by atoms with Gasteiger partial charge in [-0.3, -0.25) is 4.79 Å². The highest BCUT2D eigenvalue weighted by Crippen LogP contribution is 2.15. The zero-order valence-electron chi connectivity index (χ0n) is 48.0. The van der Waals surface area contributed by atoms with Crippen molar-refractivity contribution in [3.63, 3.8) is 0 Å². The smallest absolute Gasteiger partial charge is 0.220 e. The third-order valence-electron chi connectivity index (χ3n) is 13.0. The fourth-order valence-electron chi connectivity index (χ4n) is 8.36. The van der Waals surface area contributed by atoms with Crippen molar-refractivity contribution in [2.24, 2.45) is 0 Å². The first-order valence-electron chi connectivity index (χ1n) is 30.7. The molecule has 74 heavy (non-hydrogen) atoms. The maximum atomic E-state index is 12.5. The van der Waals surface area contributed by atoms with Crippen molar-refractivity contribution in [3.05, 3.63) is 158 Å². The standard InChI is InChI=1S/C70H115NO3/c1-3-5-7-9-11-13-15-17-19-21-23-25-27-29-31-33-34-35-36-38-40-42-44-46-48-50-52-54-56-58-60-62-64-66-70(74)71-68(67-72)69(73)65-63-61-59-57-55-53-51-49-47-45-43-41-39-37-32-30-28-26-24-22-20-18-16-14-12-10-8-6-4-2/h5,7,11,13,17,19,23,25,29,31,34-35,38,40,44,46-47,49-50,52,55-58,63,65,68-69,72-73H,3-4,6,8-10,12,14-16,18,20-22,24,26-28,30,32-33,36-37,39,41-43,45,48,51,53-54,59-62,64,66-67H2,1-2H3,(H,71,74)/b7-5-,13-11-,19-17-,25-23-,31-29-,35-34-,40-38-,46-44-,49-47+,52-50-,57-55+,58-56-,65-63+. The topological polar surface area (TPSA) is 69.6 Å². The molecule has 0 heterocycles. The van der Waals surface area contributed by atoms with Gasteiger partial charge >= 0.3 is 0 Å². The van der Waals surface area contributed by atoms with Crippen LogP contribution in [0.5, 0.6) is 0 Å². The molecule has 0 aliphatic rings. The predicted octanol–water partition coefficient (Wildman–Crippen LogP) is 20.9. The van der Waals surface area contributed by atoms with Crippen LogP contribution in [0, 0.1) is 0 Å². The minimum absolute atomic E-state index is 0.126. The minimum atomic E-state index is -0.903. The van der Waals surface area contributed by atoms with Gasteiger partial charge in [0.1, 0.15) is 0 Å². The van der Waals surface area contributed by atoms with E-state index in [1.54, 1.807) is 6.08 Å². The molecule has 2 atom stereocenters. The largest absolute Gasteiger partial charge is 0.394 e. The van der Waals surface area contributed by atoms with Gasteiger partial charge in [0.25, 0.3) is 0 Å². The predicted molar refractivity (Wildman–Crippen MR) is 331 cm³/mol. The van der Waals surface area contributed by atoms with Crippen molar-refractivity contribution in [2.45, 2.75) is 270 Å². The van der Waals surface area contributed by atoms with Crippen LogP contribution in [0.15, 0.2) is 158 Å². The van der Waals surface area contributed by atoms with Crippen LogP contribution in [0.1, 0.15) is 258 Å². The Kier molecular flexibility index (Phi) is 59.9. The molecule has 0 aliphatic heterocycles. The molecule has 4 heteroatoms. The van der Waals surface area contributed by atoms with E-state index in [-0.39, 0.29) is 12.5 Å². The number of carbonyl (C=O) groups is 1. The van der Waals surface area contributed by atoms with Crippen LogP contribution in [-0.4, -0.2) is 34.9 Å². The molecule has 0 spiro atoms. The molecule has 0 saturated heterocycles. The molecule has 0 fully saturated rings. The number of nitrogens with one attached hydrogen (secondary N) is 1. The summed E-state index contributed by atoms with van der Waals surface area (Å²) in [6, 6.07) is -0.683. The van der Waals surface area contributed by atoms with Crippen LogP contribution < -0.4 is 5.32 Å². The molecular weight excluding hydrogens is 903 g/mol. The number of carbonyl (C=O) groups excluding carboxylic acids is 1. The van der Waals surface area contributed by atoms with E-state index in [9.17, 15) is 15.0 Å². The van der Waals surface area contributed by atoms with Gasteiger partial charge in [0.2, 0.25) is 5.91 Å². The number of aliphatic hydroxyl groups excluding tert-OH is 2. The second kappa shape index (κ2) is 63.3. The van der Waals surface area contributed by atoms with E-state index in [2.05, 4.69) is 165 Å². The van der Waals surface area contributed by atoms with Gasteiger partial charge in [0.15, 0.2) is 0 Å². The highest BCUT2D eigenvalue weighted by atomic mass is 16.3. The monoisotopic (exact) mass is 1020 g/mol. The molecule has 0 aromatic carbocycles. The zero-order valence-corrected chi connectivity index (χ0v) is 48.0. The molecule has 3 N–H and O–H groups in total. The van der Waals surface area contributed by atoms with E-state index in [0.717, 1.165) is 109 Å². The fourth-order valence-corrected chi connectivity index (χ4v) is 8.36. The van der Waals surface area contributed by atoms with Crippen LogP contribution in [0.2, 0.25) is 0 Å². The maximum Gasteiger partial charge on any atom is 0.220 e. The van der Waals surface area contributed by atoms with Gasteiger partial charge in [-0.25, -0.2) is 0 Å². The van der Waals surface area contributed by atoms with Crippen molar-refractivity contribution in [3.8, 4) is 0 Å². The third-order valence-corrected chi connectivity index (χ3v) is 13.0. The summed E-state index contributed by atoms with van der Waals surface area (Å²) in [5.74, 6) is -0.126. The summed E-state index contributed by atoms with van der Waals surface area (Å²) in [5.41, 5.74) is 0. The highest BCUT2D eigenvalue weighted by molar-refractivity contribution is 5.76. The van der Waals surface area contributed by atoms with Gasteiger partial charge in [0.05, 0.1) is 18.8 Å². The fraction of sp³-hybridized carbons (Fsp3) is 0.614. The summed E-state index contributed by atoms with van der Waals surface area (Å²) < 4.78 is 0. The van der Waals surface area contributed by atoms with Crippen LogP contribution in [0.25, 0.3) is 0 Å². The summed E-state index contributed by atoms with van der Waals surface area (Å²) in [6.07, 6.45) is 101. The lowest BCUT2D eigenvalue weighted by atomic mass is 10.0. The Bertz CT molecular complexity index is 1580. The number of hydrogen-bond donors (Lipinski definition) is 3. The van der Waals surface area contributed by atoms with Crippen LogP contribution in [0.3, 0.4) is 0 Å². The summed E-state index contributed by atoms with van der Waals surface area (Å²) >= 11 is 0. The molecule has 2 unspecified atom stereocenters. The lowest BCUT2D eigenvalue weighted by Gasteiger charge is -2.19. The van der Waals surface area contributed by atoms with Gasteiger partial charge in [-0.05, 0) is 122 Å². The van der Waals surface area contributed by atoms with E-state index < -0.39 is 12.1 Å². The Morgan fingerprint density at radius 2 is 0.608 bits per heavy atom. The molecule has 4 nitrogen and oxygen atoms in total. The minimum Gasteiger partial charge on any atom is -0.394 e. The van der Waals surface area contributed by atoms with E-state index in [1.165, 1.54) is 128 Å². The highest BCUT2D eigenvalue weighted by Gasteiger charge is 2.17. The van der Waals surface area contributed by atoms with Crippen molar-refractivity contribution in [2.75, 3.05) is 6.61 Å². The van der Waals surface area contributed by atoms with Crippen LogP contribution >= 0.6 is 0 Å². The van der Waals surface area contributed by atoms with Gasteiger partial charge in [0, 0.05) is 6.42 Å². The van der Waals surface area contributed by atoms with E-state index in [4.69, 9.17) is 0 Å². The lowest BCUT2D eigenvalue weighted by molar-refractivity contribution is -0.123. The molecule has 0 aromatic heterocycles. The van der Waals surface area contributed by atoms with E-state index in [0.29, 0.717) is 6.42 Å². The number of amides is 1. The SMILES string of the molecule is CC/C=C\C/C=C\C/C=C\C/C=C\C/C=C\C/C=C\C/C=C\C/C=C\C/C=C\C/C=C\CCCCC(=O)NC(CO)C(O)/C=C/CC/C=C/CC/C=C/CCCCCCCCCCCCCCCCCCCCC. The van der Waals surface area contributed by atoms with Gasteiger partial charge in [-0.1, -0.05) is 287 Å². The Labute approximate surface area is 458 Å². The number of aliphatic hydroxyl groups is 2. The zero-order chi connectivity index (χ0) is 53.4. The molecule has 418 valence electrons. The van der Waals surface area contributed by atoms with Crippen molar-refractivity contribution in [1.29, 1.82) is 0 Å². The van der Waals surface area contributed by atoms with Gasteiger partial charge in [-0.2, -0.15) is 0 Å². The maximum absolute atomic E-state index is 12.5. The summed E-state index contributed by atoms with van der Waals surface area (Å²) in [4.78, 5) is 12.5. The number of hydrogen-bond acceptors (Lipinski definition) is 3. The van der Waals surface area contributed by atoms with Crippen molar-refractivity contribution < 1.29 is 15.0 Å². The van der Waals surface area contributed by atoms with Crippen LogP contribution in [0.4, 0.5) is 0 Å². The van der Waals surface area contributed by atoms with Gasteiger partial charge < -0.3 is 15.5 Å². The molecule has 0 aromatic rings. The van der Waals surface area contributed by atoms with Gasteiger partial charge in [-0.15, -0.1) is 0 Å². The molecule has 0 aliphatic carbocycles. The molecule has 1 amide bonds. The summed E-state index contributed by atoms with van der Waals surface area (Å²) in [7, 11) is 0. The quantitative estimate of drug-likeness (QED) is 0.0420. The molecular formula is C70H115NO3. The van der Waals surface area contributed by atoms with E-state index >= 15 is 0 Å². The number of rotatable bonds is 54. The first-order valence-corrected chi connectivity index (χ1v) is 30.7. The number of allylic oxidation sites excluding steroid dienone is 25. The van der Waals surface area contributed by atoms with E-state index in [1.807, 2.05) is 6.08 Å².